The van der Waals surface area contributed by atoms with Crippen LogP contribution in [0.3, 0.4) is 0 Å². The SMILES string of the molecule is CCC(S)Cc1nc2ccccc2o1. The summed E-state index contributed by atoms with van der Waals surface area (Å²) >= 11 is 4.42. The zero-order valence-corrected chi connectivity index (χ0v) is 9.00. The Labute approximate surface area is 88.7 Å². The van der Waals surface area contributed by atoms with Crippen LogP contribution in [0.1, 0.15) is 19.2 Å². The fourth-order valence-corrected chi connectivity index (χ4v) is 1.51. The van der Waals surface area contributed by atoms with E-state index in [0.29, 0.717) is 5.25 Å². The lowest BCUT2D eigenvalue weighted by molar-refractivity contribution is 0.522. The lowest BCUT2D eigenvalue weighted by Gasteiger charge is -2.01. The largest absolute Gasteiger partial charge is 0.441 e. The first kappa shape index (κ1) is 9.59. The molecule has 0 aliphatic rings. The molecule has 0 aliphatic heterocycles. The van der Waals surface area contributed by atoms with Crippen LogP contribution < -0.4 is 0 Å². The third kappa shape index (κ3) is 1.93. The van der Waals surface area contributed by atoms with Gasteiger partial charge in [0, 0.05) is 11.7 Å². The summed E-state index contributed by atoms with van der Waals surface area (Å²) < 4.78 is 5.58. The number of hydrogen-bond donors (Lipinski definition) is 1. The summed E-state index contributed by atoms with van der Waals surface area (Å²) in [6.07, 6.45) is 1.83. The summed E-state index contributed by atoms with van der Waals surface area (Å²) in [6, 6.07) is 7.81. The van der Waals surface area contributed by atoms with Gasteiger partial charge in [-0.25, -0.2) is 4.98 Å². The normalized spacial score (nSPS) is 13.3. The van der Waals surface area contributed by atoms with Crippen LogP contribution >= 0.6 is 12.6 Å². The van der Waals surface area contributed by atoms with Crippen molar-refractivity contribution in [2.75, 3.05) is 0 Å². The van der Waals surface area contributed by atoms with Crippen molar-refractivity contribution in [1.82, 2.24) is 4.98 Å². The summed E-state index contributed by atoms with van der Waals surface area (Å²) in [4.78, 5) is 4.39. The number of hydrogen-bond acceptors (Lipinski definition) is 3. The summed E-state index contributed by atoms with van der Waals surface area (Å²) in [6.45, 7) is 2.11. The van der Waals surface area contributed by atoms with Crippen LogP contribution in [0.4, 0.5) is 0 Å². The Balaban J connectivity index is 2.27. The van der Waals surface area contributed by atoms with Gasteiger partial charge in [-0.15, -0.1) is 0 Å². The maximum atomic E-state index is 5.58. The van der Waals surface area contributed by atoms with Crippen molar-refractivity contribution < 1.29 is 4.42 Å². The number of oxazole rings is 1. The lowest BCUT2D eigenvalue weighted by Crippen LogP contribution is -2.01. The Kier molecular flexibility index (Phi) is 2.77. The summed E-state index contributed by atoms with van der Waals surface area (Å²) in [5.41, 5.74) is 1.79. The fraction of sp³-hybridized carbons (Fsp3) is 0.364. The molecule has 14 heavy (non-hydrogen) atoms. The molecule has 2 aromatic rings. The minimum absolute atomic E-state index is 0.336. The second kappa shape index (κ2) is 4.05. The van der Waals surface area contributed by atoms with Crippen LogP contribution in [-0.2, 0) is 6.42 Å². The van der Waals surface area contributed by atoms with Crippen LogP contribution in [0.25, 0.3) is 11.1 Å². The number of fused-ring (bicyclic) bond motifs is 1. The van der Waals surface area contributed by atoms with Gasteiger partial charge in [0.1, 0.15) is 5.52 Å². The number of thiol groups is 1. The smallest absolute Gasteiger partial charge is 0.196 e. The third-order valence-electron chi connectivity index (χ3n) is 2.22. The molecule has 74 valence electrons. The molecular weight excluding hydrogens is 194 g/mol. The monoisotopic (exact) mass is 207 g/mol. The van der Waals surface area contributed by atoms with E-state index >= 15 is 0 Å². The van der Waals surface area contributed by atoms with Gasteiger partial charge in [-0.2, -0.15) is 12.6 Å². The second-order valence-corrected chi connectivity index (χ2v) is 4.07. The Morgan fingerprint density at radius 2 is 2.21 bits per heavy atom. The first-order valence-electron chi connectivity index (χ1n) is 4.82. The number of benzene rings is 1. The Morgan fingerprint density at radius 3 is 2.93 bits per heavy atom. The highest BCUT2D eigenvalue weighted by Gasteiger charge is 2.08. The summed E-state index contributed by atoms with van der Waals surface area (Å²) in [5.74, 6) is 0.785. The van der Waals surface area contributed by atoms with Gasteiger partial charge in [0.15, 0.2) is 11.5 Å². The molecule has 0 spiro atoms. The van der Waals surface area contributed by atoms with E-state index in [1.54, 1.807) is 0 Å². The van der Waals surface area contributed by atoms with Crippen LogP contribution in [-0.4, -0.2) is 10.2 Å². The van der Waals surface area contributed by atoms with Crippen molar-refractivity contribution in [3.8, 4) is 0 Å². The molecule has 0 radical (unpaired) electrons. The van der Waals surface area contributed by atoms with Gasteiger partial charge in [-0.3, -0.25) is 0 Å². The molecule has 0 bridgehead atoms. The Bertz CT molecular complexity index is 391. The molecule has 0 N–H and O–H groups in total. The maximum Gasteiger partial charge on any atom is 0.196 e. The van der Waals surface area contributed by atoms with E-state index in [2.05, 4.69) is 24.5 Å². The van der Waals surface area contributed by atoms with Gasteiger partial charge < -0.3 is 4.42 Å². The minimum Gasteiger partial charge on any atom is -0.441 e. The van der Waals surface area contributed by atoms with Crippen molar-refractivity contribution in [2.45, 2.75) is 25.0 Å². The minimum atomic E-state index is 0.336. The third-order valence-corrected chi connectivity index (χ3v) is 2.77. The van der Waals surface area contributed by atoms with Crippen LogP contribution in [0, 0.1) is 0 Å². The first-order valence-corrected chi connectivity index (χ1v) is 5.33. The van der Waals surface area contributed by atoms with Crippen molar-refractivity contribution in [2.24, 2.45) is 0 Å². The molecule has 1 aromatic heterocycles. The number of para-hydroxylation sites is 2. The van der Waals surface area contributed by atoms with E-state index in [-0.39, 0.29) is 0 Å². The number of aromatic nitrogens is 1. The second-order valence-electron chi connectivity index (χ2n) is 3.34. The molecule has 2 nitrogen and oxygen atoms in total. The standard InChI is InChI=1S/C11H13NOS/c1-2-8(14)7-11-12-9-5-3-4-6-10(9)13-11/h3-6,8,14H,2,7H2,1H3. The zero-order valence-electron chi connectivity index (χ0n) is 8.10. The van der Waals surface area contributed by atoms with Crippen molar-refractivity contribution >= 4 is 23.7 Å². The molecule has 0 fully saturated rings. The molecule has 1 heterocycles. The van der Waals surface area contributed by atoms with Crippen molar-refractivity contribution in [3.05, 3.63) is 30.2 Å². The van der Waals surface area contributed by atoms with Gasteiger partial charge in [0.25, 0.3) is 0 Å². The average molecular weight is 207 g/mol. The maximum absolute atomic E-state index is 5.58. The van der Waals surface area contributed by atoms with E-state index in [4.69, 9.17) is 4.42 Å². The van der Waals surface area contributed by atoms with Gasteiger partial charge in [0.05, 0.1) is 0 Å². The molecule has 2 rings (SSSR count). The highest BCUT2D eigenvalue weighted by atomic mass is 32.1. The molecule has 3 heteroatoms. The number of nitrogens with zero attached hydrogens (tertiary/aromatic N) is 1. The predicted octanol–water partition coefficient (Wildman–Crippen LogP) is 3.08. The van der Waals surface area contributed by atoms with Crippen LogP contribution in [0.5, 0.6) is 0 Å². The molecule has 0 saturated heterocycles. The highest BCUT2D eigenvalue weighted by molar-refractivity contribution is 7.80. The molecule has 0 aliphatic carbocycles. The van der Waals surface area contributed by atoms with Crippen LogP contribution in [0.15, 0.2) is 28.7 Å². The quantitative estimate of drug-likeness (QED) is 0.783. The van der Waals surface area contributed by atoms with Gasteiger partial charge >= 0.3 is 0 Å². The van der Waals surface area contributed by atoms with E-state index in [1.807, 2.05) is 24.3 Å². The summed E-state index contributed by atoms with van der Waals surface area (Å²) in [5, 5.41) is 0.336. The molecule has 0 saturated carbocycles. The molecule has 1 aromatic carbocycles. The lowest BCUT2D eigenvalue weighted by atomic mass is 10.2. The van der Waals surface area contributed by atoms with Crippen molar-refractivity contribution in [3.63, 3.8) is 0 Å². The molecular formula is C11H13NOS. The van der Waals surface area contributed by atoms with Gasteiger partial charge in [-0.05, 0) is 18.6 Å². The van der Waals surface area contributed by atoms with E-state index < -0.39 is 0 Å². The Hall–Kier alpha value is -0.960. The molecule has 1 unspecified atom stereocenters. The van der Waals surface area contributed by atoms with Gasteiger partial charge in [0.2, 0.25) is 0 Å². The fourth-order valence-electron chi connectivity index (χ4n) is 1.35. The zero-order chi connectivity index (χ0) is 9.97. The van der Waals surface area contributed by atoms with E-state index in [0.717, 1.165) is 29.8 Å². The molecule has 0 amide bonds. The van der Waals surface area contributed by atoms with Crippen molar-refractivity contribution in [1.29, 1.82) is 0 Å². The van der Waals surface area contributed by atoms with Crippen LogP contribution in [0.2, 0.25) is 0 Å². The predicted molar refractivity (Wildman–Crippen MR) is 60.8 cm³/mol. The van der Waals surface area contributed by atoms with Gasteiger partial charge in [-0.1, -0.05) is 19.1 Å². The van der Waals surface area contributed by atoms with E-state index in [9.17, 15) is 0 Å². The topological polar surface area (TPSA) is 26.0 Å². The average Bonchev–Trinajstić information content (AvgIpc) is 2.59. The molecule has 1 atom stereocenters. The number of rotatable bonds is 3. The summed E-state index contributed by atoms with van der Waals surface area (Å²) in [7, 11) is 0. The first-order chi connectivity index (χ1) is 6.79. The highest BCUT2D eigenvalue weighted by Crippen LogP contribution is 2.17. The van der Waals surface area contributed by atoms with E-state index in [1.165, 1.54) is 0 Å². The Morgan fingerprint density at radius 1 is 1.43 bits per heavy atom.